The standard InChI is InChI=1S/C10H7F2N5O4/c11-2-1-3-5(8(4(2)12)17(20)21)16-7(10(14)19)6(15-3)9(13)18/h1,6,15H,(H2,13,18)(H2,14,19). The highest BCUT2D eigenvalue weighted by Gasteiger charge is 2.36. The van der Waals surface area contributed by atoms with E-state index in [1.807, 2.05) is 0 Å². The summed E-state index contributed by atoms with van der Waals surface area (Å²) < 4.78 is 26.8. The number of rotatable bonds is 3. The summed E-state index contributed by atoms with van der Waals surface area (Å²) in [7, 11) is 0. The highest BCUT2D eigenvalue weighted by Crippen LogP contribution is 2.41. The van der Waals surface area contributed by atoms with Crippen molar-refractivity contribution in [2.75, 3.05) is 5.32 Å². The van der Waals surface area contributed by atoms with Gasteiger partial charge in [0.15, 0.2) is 17.5 Å². The van der Waals surface area contributed by atoms with Crippen molar-refractivity contribution in [1.82, 2.24) is 0 Å². The van der Waals surface area contributed by atoms with Gasteiger partial charge in [0.1, 0.15) is 5.71 Å². The summed E-state index contributed by atoms with van der Waals surface area (Å²) in [5.41, 5.74) is 7.10. The zero-order valence-electron chi connectivity index (χ0n) is 10.1. The molecule has 1 atom stereocenters. The number of nitro groups is 1. The van der Waals surface area contributed by atoms with Gasteiger partial charge >= 0.3 is 5.69 Å². The number of nitrogens with one attached hydrogen (secondary N) is 1. The van der Waals surface area contributed by atoms with Crippen molar-refractivity contribution in [3.8, 4) is 0 Å². The van der Waals surface area contributed by atoms with Crippen molar-refractivity contribution >= 4 is 34.6 Å². The van der Waals surface area contributed by atoms with E-state index in [0.29, 0.717) is 6.07 Å². The van der Waals surface area contributed by atoms with Gasteiger partial charge in [0.25, 0.3) is 5.91 Å². The minimum atomic E-state index is -1.74. The van der Waals surface area contributed by atoms with Crippen molar-refractivity contribution in [3.05, 3.63) is 27.8 Å². The summed E-state index contributed by atoms with van der Waals surface area (Å²) in [5, 5.41) is 13.1. The van der Waals surface area contributed by atoms with E-state index in [1.165, 1.54) is 0 Å². The van der Waals surface area contributed by atoms with Gasteiger partial charge in [-0.1, -0.05) is 0 Å². The number of benzene rings is 1. The summed E-state index contributed by atoms with van der Waals surface area (Å²) in [5.74, 6) is -5.51. The lowest BCUT2D eigenvalue weighted by Crippen LogP contribution is -2.48. The van der Waals surface area contributed by atoms with Gasteiger partial charge in [-0.3, -0.25) is 19.7 Å². The maximum atomic E-state index is 13.5. The van der Waals surface area contributed by atoms with E-state index in [1.54, 1.807) is 0 Å². The van der Waals surface area contributed by atoms with Crippen molar-refractivity contribution in [2.45, 2.75) is 6.04 Å². The SMILES string of the molecule is NC(=O)C1=Nc2c(cc(F)c(F)c2[N+](=O)[O-])NC1C(N)=O. The normalized spacial score (nSPS) is 16.5. The van der Waals surface area contributed by atoms with Crippen LogP contribution in [0.25, 0.3) is 0 Å². The molecule has 9 nitrogen and oxygen atoms in total. The summed E-state index contributed by atoms with van der Waals surface area (Å²) in [6.07, 6.45) is 0. The molecule has 110 valence electrons. The third-order valence-electron chi connectivity index (χ3n) is 2.69. The molecule has 0 saturated heterocycles. The molecule has 0 aliphatic carbocycles. The zero-order valence-corrected chi connectivity index (χ0v) is 10.1. The van der Waals surface area contributed by atoms with Gasteiger partial charge in [0.05, 0.1) is 10.6 Å². The van der Waals surface area contributed by atoms with Gasteiger partial charge in [0, 0.05) is 6.07 Å². The first-order valence-corrected chi connectivity index (χ1v) is 5.34. The fraction of sp³-hybridized carbons (Fsp3) is 0.100. The number of hydrogen-bond donors (Lipinski definition) is 3. The van der Waals surface area contributed by atoms with E-state index in [0.717, 1.165) is 0 Å². The van der Waals surface area contributed by atoms with Gasteiger partial charge in [-0.15, -0.1) is 0 Å². The van der Waals surface area contributed by atoms with Gasteiger partial charge < -0.3 is 16.8 Å². The number of primary amides is 2. The number of fused-ring (bicyclic) bond motifs is 1. The quantitative estimate of drug-likeness (QED) is 0.517. The predicted octanol–water partition coefficient (Wildman–Crippen LogP) is -0.290. The van der Waals surface area contributed by atoms with Crippen molar-refractivity contribution < 1.29 is 23.3 Å². The number of anilines is 1. The van der Waals surface area contributed by atoms with E-state index < -0.39 is 51.5 Å². The summed E-state index contributed by atoms with van der Waals surface area (Å²) in [6, 6.07) is -0.936. The van der Waals surface area contributed by atoms with Crippen molar-refractivity contribution in [1.29, 1.82) is 0 Å². The molecule has 0 bridgehead atoms. The minimum Gasteiger partial charge on any atom is -0.368 e. The Bertz CT molecular complexity index is 718. The topological polar surface area (TPSA) is 154 Å². The molecule has 5 N–H and O–H groups in total. The molecule has 0 aromatic heterocycles. The van der Waals surface area contributed by atoms with Crippen molar-refractivity contribution in [2.24, 2.45) is 16.5 Å². The molecule has 21 heavy (non-hydrogen) atoms. The monoisotopic (exact) mass is 299 g/mol. The molecule has 1 aliphatic rings. The highest BCUT2D eigenvalue weighted by molar-refractivity contribution is 6.46. The second-order valence-electron chi connectivity index (χ2n) is 4.02. The third-order valence-corrected chi connectivity index (χ3v) is 2.69. The Balaban J connectivity index is 2.77. The molecule has 1 aromatic carbocycles. The predicted molar refractivity (Wildman–Crippen MR) is 65.9 cm³/mol. The Morgan fingerprint density at radius 3 is 2.48 bits per heavy atom. The minimum absolute atomic E-state index is 0.352. The Morgan fingerprint density at radius 1 is 1.38 bits per heavy atom. The first-order chi connectivity index (χ1) is 9.73. The average Bonchev–Trinajstić information content (AvgIpc) is 2.38. The van der Waals surface area contributed by atoms with Crippen molar-refractivity contribution in [3.63, 3.8) is 0 Å². The number of carbonyl (C=O) groups is 2. The highest BCUT2D eigenvalue weighted by atomic mass is 19.2. The van der Waals surface area contributed by atoms with Crippen LogP contribution in [-0.4, -0.2) is 28.5 Å². The van der Waals surface area contributed by atoms with Gasteiger partial charge in [-0.05, 0) is 0 Å². The molecule has 2 amide bonds. The number of nitrogens with two attached hydrogens (primary N) is 2. The third kappa shape index (κ3) is 2.24. The van der Waals surface area contributed by atoms with Crippen LogP contribution in [0.1, 0.15) is 0 Å². The largest absolute Gasteiger partial charge is 0.368 e. The van der Waals surface area contributed by atoms with Gasteiger partial charge in [0.2, 0.25) is 11.7 Å². The van der Waals surface area contributed by atoms with Crippen LogP contribution in [0.5, 0.6) is 0 Å². The van der Waals surface area contributed by atoms with Gasteiger partial charge in [-0.2, -0.15) is 4.39 Å². The van der Waals surface area contributed by atoms with E-state index in [-0.39, 0.29) is 5.69 Å². The van der Waals surface area contributed by atoms with Crippen LogP contribution < -0.4 is 16.8 Å². The maximum absolute atomic E-state index is 13.5. The number of halogens is 2. The van der Waals surface area contributed by atoms with Crippen LogP contribution in [0.15, 0.2) is 11.1 Å². The Kier molecular flexibility index (Phi) is 3.25. The number of amides is 2. The van der Waals surface area contributed by atoms with E-state index in [4.69, 9.17) is 11.5 Å². The van der Waals surface area contributed by atoms with Gasteiger partial charge in [-0.25, -0.2) is 9.38 Å². The zero-order chi connectivity index (χ0) is 15.9. The number of nitro benzene ring substituents is 1. The Morgan fingerprint density at radius 2 is 2.00 bits per heavy atom. The lowest BCUT2D eigenvalue weighted by atomic mass is 10.1. The second-order valence-corrected chi connectivity index (χ2v) is 4.02. The fourth-order valence-electron chi connectivity index (χ4n) is 1.80. The number of aliphatic imine (C=N–C) groups is 1. The van der Waals surface area contributed by atoms with Crippen LogP contribution >= 0.6 is 0 Å². The second kappa shape index (κ2) is 4.77. The van der Waals surface area contributed by atoms with Crippen LogP contribution in [0.2, 0.25) is 0 Å². The fourth-order valence-corrected chi connectivity index (χ4v) is 1.80. The molecule has 0 saturated carbocycles. The average molecular weight is 299 g/mol. The number of nitrogens with zero attached hydrogens (tertiary/aromatic N) is 2. The molecule has 0 radical (unpaired) electrons. The number of carbonyl (C=O) groups excluding carboxylic acids is 2. The Hall–Kier alpha value is -3.11. The first kappa shape index (κ1) is 14.3. The summed E-state index contributed by atoms with van der Waals surface area (Å²) in [4.78, 5) is 35.6. The Labute approximate surface area is 114 Å². The molecule has 1 heterocycles. The molecule has 1 aromatic rings. The maximum Gasteiger partial charge on any atom is 0.335 e. The molecular weight excluding hydrogens is 292 g/mol. The molecule has 1 unspecified atom stereocenters. The summed E-state index contributed by atoms with van der Waals surface area (Å²) >= 11 is 0. The van der Waals surface area contributed by atoms with Crippen LogP contribution in [0.3, 0.4) is 0 Å². The smallest absolute Gasteiger partial charge is 0.335 e. The number of hydrogen-bond acceptors (Lipinski definition) is 6. The molecule has 1 aliphatic heterocycles. The first-order valence-electron chi connectivity index (χ1n) is 5.34. The molecule has 2 rings (SSSR count). The van der Waals surface area contributed by atoms with Crippen LogP contribution in [0.4, 0.5) is 25.8 Å². The van der Waals surface area contributed by atoms with Crippen LogP contribution in [-0.2, 0) is 9.59 Å². The molecule has 0 fully saturated rings. The van der Waals surface area contributed by atoms with Crippen LogP contribution in [0, 0.1) is 21.7 Å². The van der Waals surface area contributed by atoms with E-state index in [2.05, 4.69) is 10.3 Å². The molecular formula is C10H7F2N5O4. The lowest BCUT2D eigenvalue weighted by Gasteiger charge is -2.23. The molecule has 0 spiro atoms. The van der Waals surface area contributed by atoms with E-state index in [9.17, 15) is 28.5 Å². The van der Waals surface area contributed by atoms with E-state index >= 15 is 0 Å². The molecule has 11 heteroatoms. The summed E-state index contributed by atoms with van der Waals surface area (Å²) in [6.45, 7) is 0. The lowest BCUT2D eigenvalue weighted by molar-refractivity contribution is -0.386.